The van der Waals surface area contributed by atoms with Crippen molar-refractivity contribution in [3.05, 3.63) is 22.1 Å². The van der Waals surface area contributed by atoms with E-state index in [2.05, 4.69) is 20.9 Å². The number of rotatable bonds is 4. The Hall–Kier alpha value is -0.910. The third kappa shape index (κ3) is 2.37. The maximum absolute atomic E-state index is 10.8. The Balaban J connectivity index is 3.20. The van der Waals surface area contributed by atoms with Gasteiger partial charge in [0, 0.05) is 17.8 Å². The number of alkyl halides is 1. The van der Waals surface area contributed by atoms with Crippen molar-refractivity contribution >= 4 is 21.7 Å². The average Bonchev–Trinajstić information content (AvgIpc) is 2.49. The van der Waals surface area contributed by atoms with E-state index in [4.69, 9.17) is 0 Å². The third-order valence-electron chi connectivity index (χ3n) is 2.48. The second kappa shape index (κ2) is 4.74. The molecule has 0 spiro atoms. The molecule has 1 rings (SSSR count). The number of nitrogens with zero attached hydrogens (tertiary/aromatic N) is 3. The fourth-order valence-corrected chi connectivity index (χ4v) is 2.36. The summed E-state index contributed by atoms with van der Waals surface area (Å²) < 4.78 is 1.73. The van der Waals surface area contributed by atoms with E-state index < -0.39 is 4.92 Å². The Morgan fingerprint density at radius 2 is 2.33 bits per heavy atom. The lowest BCUT2D eigenvalue weighted by molar-refractivity contribution is -0.390. The number of nitro groups is 1. The molecule has 0 N–H and O–H groups in total. The molecule has 0 aliphatic carbocycles. The lowest BCUT2D eigenvalue weighted by Crippen LogP contribution is -2.13. The van der Waals surface area contributed by atoms with Crippen molar-refractivity contribution in [1.82, 2.24) is 9.55 Å². The van der Waals surface area contributed by atoms with Crippen molar-refractivity contribution in [1.29, 1.82) is 0 Å². The van der Waals surface area contributed by atoms with Crippen molar-refractivity contribution in [2.24, 2.45) is 7.05 Å². The summed E-state index contributed by atoms with van der Waals surface area (Å²) >= 11 is 3.48. The number of hydrogen-bond acceptors (Lipinski definition) is 3. The monoisotopic (exact) mass is 275 g/mol. The van der Waals surface area contributed by atoms with E-state index in [1.165, 1.54) is 6.33 Å². The fraction of sp³-hybridized carbons (Fsp3) is 0.667. The van der Waals surface area contributed by atoms with E-state index in [1.54, 1.807) is 11.6 Å². The van der Waals surface area contributed by atoms with Crippen LogP contribution in [0.1, 0.15) is 31.9 Å². The first-order chi connectivity index (χ1) is 6.99. The number of imidazole rings is 1. The van der Waals surface area contributed by atoms with Gasteiger partial charge >= 0.3 is 5.82 Å². The summed E-state index contributed by atoms with van der Waals surface area (Å²) in [5, 5.41) is 10.8. The standard InChI is InChI=1S/C9H14BrN3O2/c1-4-7(6(2)10)8-9(13(14)15)11-5-12(8)3/h5-7H,4H2,1-3H3. The zero-order valence-corrected chi connectivity index (χ0v) is 10.6. The summed E-state index contributed by atoms with van der Waals surface area (Å²) in [4.78, 5) is 14.4. The molecule has 2 atom stereocenters. The molecule has 1 aromatic heterocycles. The zero-order valence-electron chi connectivity index (χ0n) is 8.98. The van der Waals surface area contributed by atoms with Crippen LogP contribution in [0, 0.1) is 10.1 Å². The van der Waals surface area contributed by atoms with Gasteiger partial charge in [0.25, 0.3) is 0 Å². The lowest BCUT2D eigenvalue weighted by Gasteiger charge is -2.17. The Labute approximate surface area is 96.8 Å². The first-order valence-electron chi connectivity index (χ1n) is 4.78. The quantitative estimate of drug-likeness (QED) is 0.482. The van der Waals surface area contributed by atoms with Crippen LogP contribution < -0.4 is 0 Å². The maximum Gasteiger partial charge on any atom is 0.385 e. The maximum atomic E-state index is 10.8. The van der Waals surface area contributed by atoms with Crippen LogP contribution in [-0.2, 0) is 7.05 Å². The van der Waals surface area contributed by atoms with Gasteiger partial charge in [0.2, 0.25) is 6.33 Å². The van der Waals surface area contributed by atoms with Crippen LogP contribution in [0.25, 0.3) is 0 Å². The van der Waals surface area contributed by atoms with E-state index in [9.17, 15) is 10.1 Å². The average molecular weight is 276 g/mol. The normalized spacial score (nSPS) is 14.9. The summed E-state index contributed by atoms with van der Waals surface area (Å²) in [6, 6.07) is 0. The van der Waals surface area contributed by atoms with Crippen LogP contribution in [0.5, 0.6) is 0 Å². The van der Waals surface area contributed by atoms with Gasteiger partial charge in [-0.15, -0.1) is 0 Å². The summed E-state index contributed by atoms with van der Waals surface area (Å²) in [6.45, 7) is 4.00. The summed E-state index contributed by atoms with van der Waals surface area (Å²) in [7, 11) is 1.79. The van der Waals surface area contributed by atoms with Gasteiger partial charge in [-0.05, 0) is 16.3 Å². The molecular formula is C9H14BrN3O2. The summed E-state index contributed by atoms with van der Waals surface area (Å²) in [5.74, 6) is 0.0774. The molecular weight excluding hydrogens is 262 g/mol. The van der Waals surface area contributed by atoms with Gasteiger partial charge in [0.1, 0.15) is 5.69 Å². The van der Waals surface area contributed by atoms with Crippen LogP contribution in [0.3, 0.4) is 0 Å². The smallest absolute Gasteiger partial charge is 0.358 e. The molecule has 1 heterocycles. The topological polar surface area (TPSA) is 61.0 Å². The van der Waals surface area contributed by atoms with E-state index in [1.807, 2.05) is 13.8 Å². The first-order valence-corrected chi connectivity index (χ1v) is 5.70. The minimum absolute atomic E-state index is 0.0318. The highest BCUT2D eigenvalue weighted by molar-refractivity contribution is 9.09. The lowest BCUT2D eigenvalue weighted by atomic mass is 9.99. The fourth-order valence-electron chi connectivity index (χ4n) is 1.73. The SMILES string of the molecule is CCC(c1c([N+](=O)[O-])ncn1C)C(C)Br. The predicted octanol–water partition coefficient (Wildman–Crippen LogP) is 2.61. The van der Waals surface area contributed by atoms with Gasteiger partial charge in [0.05, 0.1) is 0 Å². The molecule has 0 aliphatic heterocycles. The number of aromatic nitrogens is 2. The van der Waals surface area contributed by atoms with E-state index >= 15 is 0 Å². The Morgan fingerprint density at radius 3 is 2.73 bits per heavy atom. The van der Waals surface area contributed by atoms with E-state index in [0.29, 0.717) is 5.69 Å². The molecule has 0 aromatic carbocycles. The van der Waals surface area contributed by atoms with Crippen molar-refractivity contribution in [3.8, 4) is 0 Å². The molecule has 0 fully saturated rings. The second-order valence-electron chi connectivity index (χ2n) is 3.51. The highest BCUT2D eigenvalue weighted by atomic mass is 79.9. The van der Waals surface area contributed by atoms with E-state index in [0.717, 1.165) is 6.42 Å². The number of hydrogen-bond donors (Lipinski definition) is 0. The van der Waals surface area contributed by atoms with Crippen molar-refractivity contribution < 1.29 is 4.92 Å². The third-order valence-corrected chi connectivity index (χ3v) is 3.12. The van der Waals surface area contributed by atoms with E-state index in [-0.39, 0.29) is 16.6 Å². The predicted molar refractivity (Wildman–Crippen MR) is 61.3 cm³/mol. The number of aryl methyl sites for hydroxylation is 1. The Morgan fingerprint density at radius 1 is 1.73 bits per heavy atom. The van der Waals surface area contributed by atoms with Gasteiger partial charge in [-0.25, -0.2) is 0 Å². The molecule has 0 aliphatic rings. The molecule has 0 bridgehead atoms. The zero-order chi connectivity index (χ0) is 11.6. The highest BCUT2D eigenvalue weighted by Gasteiger charge is 2.29. The minimum atomic E-state index is -0.423. The molecule has 2 unspecified atom stereocenters. The van der Waals surface area contributed by atoms with Gasteiger partial charge in [-0.1, -0.05) is 29.8 Å². The van der Waals surface area contributed by atoms with Crippen molar-refractivity contribution in [2.45, 2.75) is 31.0 Å². The van der Waals surface area contributed by atoms with Gasteiger partial charge in [-0.2, -0.15) is 0 Å². The Bertz CT molecular complexity index is 362. The van der Waals surface area contributed by atoms with Crippen LogP contribution in [-0.4, -0.2) is 19.3 Å². The second-order valence-corrected chi connectivity index (χ2v) is 4.96. The van der Waals surface area contributed by atoms with Crippen molar-refractivity contribution in [2.75, 3.05) is 0 Å². The first kappa shape index (κ1) is 12.2. The molecule has 0 amide bonds. The van der Waals surface area contributed by atoms with Crippen LogP contribution >= 0.6 is 15.9 Å². The minimum Gasteiger partial charge on any atom is -0.358 e. The highest BCUT2D eigenvalue weighted by Crippen LogP contribution is 2.32. The molecule has 15 heavy (non-hydrogen) atoms. The van der Waals surface area contributed by atoms with Crippen LogP contribution in [0.4, 0.5) is 5.82 Å². The van der Waals surface area contributed by atoms with Crippen LogP contribution in [0.15, 0.2) is 6.33 Å². The molecule has 6 heteroatoms. The van der Waals surface area contributed by atoms with Crippen LogP contribution in [0.2, 0.25) is 0 Å². The van der Waals surface area contributed by atoms with Crippen molar-refractivity contribution in [3.63, 3.8) is 0 Å². The molecule has 0 saturated heterocycles. The summed E-state index contributed by atoms with van der Waals surface area (Å²) in [6.07, 6.45) is 2.33. The molecule has 0 radical (unpaired) electrons. The molecule has 84 valence electrons. The number of halogens is 1. The molecule has 1 aromatic rings. The summed E-state index contributed by atoms with van der Waals surface area (Å²) in [5.41, 5.74) is 0.687. The largest absolute Gasteiger partial charge is 0.385 e. The van der Waals surface area contributed by atoms with Gasteiger partial charge < -0.3 is 14.7 Å². The molecule has 0 saturated carbocycles. The Kier molecular flexibility index (Phi) is 3.84. The molecule has 5 nitrogen and oxygen atoms in total. The van der Waals surface area contributed by atoms with Gasteiger partial charge in [-0.3, -0.25) is 0 Å². The van der Waals surface area contributed by atoms with Gasteiger partial charge in [0.15, 0.2) is 0 Å².